The van der Waals surface area contributed by atoms with Crippen LogP contribution < -0.4 is 14.8 Å². The molecule has 5 nitrogen and oxygen atoms in total. The second-order valence-corrected chi connectivity index (χ2v) is 7.83. The van der Waals surface area contributed by atoms with Crippen LogP contribution in [0, 0.1) is 6.92 Å². The lowest BCUT2D eigenvalue weighted by molar-refractivity contribution is 0.215. The van der Waals surface area contributed by atoms with E-state index in [0.717, 1.165) is 25.3 Å². The summed E-state index contributed by atoms with van der Waals surface area (Å²) in [6, 6.07) is 13.8. The number of nitrogens with one attached hydrogen (secondary N) is 1. The summed E-state index contributed by atoms with van der Waals surface area (Å²) >= 11 is 1.93. The minimum Gasteiger partial charge on any atom is -0.497 e. The molecule has 144 valence electrons. The van der Waals surface area contributed by atoms with Crippen molar-refractivity contribution in [2.75, 3.05) is 38.4 Å². The quantitative estimate of drug-likeness (QED) is 0.826. The van der Waals surface area contributed by atoms with Gasteiger partial charge in [0.2, 0.25) is 0 Å². The second kappa shape index (κ2) is 9.04. The maximum absolute atomic E-state index is 12.8. The molecule has 1 heterocycles. The van der Waals surface area contributed by atoms with Gasteiger partial charge in [-0.05, 0) is 24.5 Å². The summed E-state index contributed by atoms with van der Waals surface area (Å²) in [5.74, 6) is 2.22. The van der Waals surface area contributed by atoms with Crippen LogP contribution in [0.5, 0.6) is 11.5 Å². The number of aryl methyl sites for hydroxylation is 1. The molecule has 2 amide bonds. The van der Waals surface area contributed by atoms with E-state index in [1.54, 1.807) is 32.4 Å². The lowest BCUT2D eigenvalue weighted by atomic mass is 10.0. The van der Waals surface area contributed by atoms with E-state index in [2.05, 4.69) is 36.5 Å². The van der Waals surface area contributed by atoms with Crippen LogP contribution in [0.2, 0.25) is 0 Å². The average molecular weight is 387 g/mol. The topological polar surface area (TPSA) is 50.8 Å². The Morgan fingerprint density at radius 3 is 2.48 bits per heavy atom. The molecular formula is C21H26N2O3S. The third-order valence-corrected chi connectivity index (χ3v) is 6.08. The van der Waals surface area contributed by atoms with E-state index in [1.165, 1.54) is 11.1 Å². The van der Waals surface area contributed by atoms with Gasteiger partial charge in [-0.3, -0.25) is 0 Å². The molecule has 2 aromatic carbocycles. The van der Waals surface area contributed by atoms with Crippen LogP contribution >= 0.6 is 11.8 Å². The molecule has 27 heavy (non-hydrogen) atoms. The lowest BCUT2D eigenvalue weighted by Gasteiger charge is -2.21. The van der Waals surface area contributed by atoms with Crippen LogP contribution in [0.1, 0.15) is 22.8 Å². The fourth-order valence-electron chi connectivity index (χ4n) is 3.25. The number of hydrogen-bond donors (Lipinski definition) is 1. The van der Waals surface area contributed by atoms with Crippen LogP contribution in [-0.2, 0) is 0 Å². The predicted molar refractivity (Wildman–Crippen MR) is 111 cm³/mol. The summed E-state index contributed by atoms with van der Waals surface area (Å²) in [4.78, 5) is 14.6. The third-order valence-electron chi connectivity index (χ3n) is 4.77. The van der Waals surface area contributed by atoms with Gasteiger partial charge in [0.15, 0.2) is 0 Å². The first-order chi connectivity index (χ1) is 13.1. The first kappa shape index (κ1) is 19.4. The summed E-state index contributed by atoms with van der Waals surface area (Å²) in [7, 11) is 3.19. The monoisotopic (exact) mass is 386 g/mol. The number of rotatable bonds is 4. The van der Waals surface area contributed by atoms with Crippen molar-refractivity contribution in [2.45, 2.75) is 18.6 Å². The van der Waals surface area contributed by atoms with Crippen molar-refractivity contribution in [1.29, 1.82) is 0 Å². The zero-order valence-corrected chi connectivity index (χ0v) is 16.8. The van der Waals surface area contributed by atoms with Gasteiger partial charge in [-0.2, -0.15) is 11.8 Å². The highest BCUT2D eigenvalue weighted by molar-refractivity contribution is 7.99. The maximum Gasteiger partial charge on any atom is 0.321 e. The van der Waals surface area contributed by atoms with Gasteiger partial charge in [0.1, 0.15) is 11.5 Å². The van der Waals surface area contributed by atoms with Crippen molar-refractivity contribution < 1.29 is 14.3 Å². The maximum atomic E-state index is 12.8. The number of anilines is 1. The van der Waals surface area contributed by atoms with Crippen molar-refractivity contribution in [3.05, 3.63) is 53.6 Å². The molecule has 3 rings (SSSR count). The molecule has 1 fully saturated rings. The van der Waals surface area contributed by atoms with E-state index in [-0.39, 0.29) is 6.03 Å². The Morgan fingerprint density at radius 1 is 1.11 bits per heavy atom. The van der Waals surface area contributed by atoms with Gasteiger partial charge in [-0.15, -0.1) is 0 Å². The van der Waals surface area contributed by atoms with Crippen LogP contribution in [-0.4, -0.2) is 44.0 Å². The largest absolute Gasteiger partial charge is 0.497 e. The average Bonchev–Trinajstić information content (AvgIpc) is 2.94. The number of benzene rings is 2. The third kappa shape index (κ3) is 4.89. The summed E-state index contributed by atoms with van der Waals surface area (Å²) in [5.41, 5.74) is 3.36. The first-order valence-corrected chi connectivity index (χ1v) is 10.1. The smallest absolute Gasteiger partial charge is 0.321 e. The highest BCUT2D eigenvalue weighted by Gasteiger charge is 2.23. The molecule has 1 saturated heterocycles. The van der Waals surface area contributed by atoms with Gasteiger partial charge in [0.25, 0.3) is 0 Å². The molecule has 1 aliphatic rings. The van der Waals surface area contributed by atoms with E-state index >= 15 is 0 Å². The molecule has 1 N–H and O–H groups in total. The van der Waals surface area contributed by atoms with Crippen molar-refractivity contribution in [2.24, 2.45) is 0 Å². The molecule has 0 saturated carbocycles. The molecule has 0 aliphatic carbocycles. The van der Waals surface area contributed by atoms with Crippen LogP contribution in [0.25, 0.3) is 0 Å². The number of methoxy groups -OCH3 is 2. The Labute approximate surface area is 165 Å². The van der Waals surface area contributed by atoms with Gasteiger partial charge >= 0.3 is 6.03 Å². The number of carbonyl (C=O) groups excluding carboxylic acids is 1. The number of amides is 2. The molecular weight excluding hydrogens is 360 g/mol. The first-order valence-electron chi connectivity index (χ1n) is 9.07. The van der Waals surface area contributed by atoms with Gasteiger partial charge < -0.3 is 19.7 Å². The number of nitrogens with zero attached hydrogens (tertiary/aromatic N) is 1. The van der Waals surface area contributed by atoms with Gasteiger partial charge in [-0.1, -0.05) is 24.3 Å². The summed E-state index contributed by atoms with van der Waals surface area (Å²) in [6.45, 7) is 3.63. The normalized spacial score (nSPS) is 17.1. The SMILES string of the molecule is COc1cc(NC(=O)N2CCSC(c3ccccc3C)CC2)cc(OC)c1. The molecule has 0 aromatic heterocycles. The van der Waals surface area contributed by atoms with E-state index in [9.17, 15) is 4.79 Å². The molecule has 1 unspecified atom stereocenters. The summed E-state index contributed by atoms with van der Waals surface area (Å²) in [6.07, 6.45) is 0.949. The van der Waals surface area contributed by atoms with Crippen molar-refractivity contribution in [3.63, 3.8) is 0 Å². The fourth-order valence-corrected chi connectivity index (χ4v) is 4.58. The standard InChI is InChI=1S/C21H26N2O3S/c1-15-6-4-5-7-19(15)20-8-9-23(10-11-27-20)21(24)22-16-12-17(25-2)14-18(13-16)26-3/h4-7,12-14,20H,8-11H2,1-3H3,(H,22,24). The van der Waals surface area contributed by atoms with Crippen molar-refractivity contribution in [1.82, 2.24) is 4.90 Å². The van der Waals surface area contributed by atoms with E-state index in [0.29, 0.717) is 22.4 Å². The molecule has 0 spiro atoms. The van der Waals surface area contributed by atoms with Gasteiger partial charge in [0.05, 0.1) is 14.2 Å². The van der Waals surface area contributed by atoms with E-state index in [1.807, 2.05) is 16.7 Å². The molecule has 6 heteroatoms. The number of ether oxygens (including phenoxy) is 2. The number of thioether (sulfide) groups is 1. The van der Waals surface area contributed by atoms with E-state index < -0.39 is 0 Å². The number of carbonyl (C=O) groups is 1. The Hall–Kier alpha value is -2.34. The van der Waals surface area contributed by atoms with Crippen LogP contribution in [0.3, 0.4) is 0 Å². The minimum atomic E-state index is -0.0867. The predicted octanol–water partition coefficient (Wildman–Crippen LogP) is 4.72. The van der Waals surface area contributed by atoms with Gasteiger partial charge in [0, 0.05) is 48.0 Å². The molecule has 0 radical (unpaired) electrons. The number of urea groups is 1. The zero-order valence-electron chi connectivity index (χ0n) is 16.0. The zero-order chi connectivity index (χ0) is 19.2. The Balaban J connectivity index is 1.65. The highest BCUT2D eigenvalue weighted by Crippen LogP contribution is 2.36. The lowest BCUT2D eigenvalue weighted by Crippen LogP contribution is -2.36. The van der Waals surface area contributed by atoms with E-state index in [4.69, 9.17) is 9.47 Å². The summed E-state index contributed by atoms with van der Waals surface area (Å²) < 4.78 is 10.5. The molecule has 1 atom stereocenters. The van der Waals surface area contributed by atoms with Crippen molar-refractivity contribution >= 4 is 23.5 Å². The Kier molecular flexibility index (Phi) is 6.50. The molecule has 1 aliphatic heterocycles. The van der Waals surface area contributed by atoms with Crippen LogP contribution in [0.15, 0.2) is 42.5 Å². The Morgan fingerprint density at radius 2 is 1.81 bits per heavy atom. The second-order valence-electron chi connectivity index (χ2n) is 6.52. The fraction of sp³-hybridized carbons (Fsp3) is 0.381. The summed E-state index contributed by atoms with van der Waals surface area (Å²) in [5, 5.41) is 3.40. The highest BCUT2D eigenvalue weighted by atomic mass is 32.2. The van der Waals surface area contributed by atoms with Gasteiger partial charge in [-0.25, -0.2) is 4.79 Å². The number of hydrogen-bond acceptors (Lipinski definition) is 4. The van der Waals surface area contributed by atoms with Crippen molar-refractivity contribution in [3.8, 4) is 11.5 Å². The Bertz CT molecular complexity index is 774. The molecule has 2 aromatic rings. The van der Waals surface area contributed by atoms with Crippen LogP contribution in [0.4, 0.5) is 10.5 Å². The minimum absolute atomic E-state index is 0.0867. The molecule has 0 bridgehead atoms.